The first-order chi connectivity index (χ1) is 11.9. The molecule has 1 N–H and O–H groups in total. The van der Waals surface area contributed by atoms with Crippen LogP contribution in [0.1, 0.15) is 31.9 Å². The van der Waals surface area contributed by atoms with E-state index in [1.807, 2.05) is 36.4 Å². The lowest BCUT2D eigenvalue weighted by Crippen LogP contribution is -2.28. The fourth-order valence-electron chi connectivity index (χ4n) is 2.32. The van der Waals surface area contributed by atoms with Crippen LogP contribution in [0.25, 0.3) is 0 Å². The summed E-state index contributed by atoms with van der Waals surface area (Å²) in [5.41, 5.74) is 2.02. The smallest absolute Gasteiger partial charge is 0.273 e. The van der Waals surface area contributed by atoms with E-state index in [4.69, 9.17) is 9.57 Å². The van der Waals surface area contributed by atoms with E-state index in [1.165, 1.54) is 12.7 Å². The van der Waals surface area contributed by atoms with E-state index in [0.717, 1.165) is 0 Å². The van der Waals surface area contributed by atoms with Crippen LogP contribution < -0.4 is 10.1 Å². The molecule has 5 heteroatoms. The van der Waals surface area contributed by atoms with E-state index in [1.54, 1.807) is 19.2 Å². The number of nitrogens with zero attached hydrogens (tertiary/aromatic N) is 1. The molecule has 0 atom stereocenters. The molecule has 0 aromatic heterocycles. The van der Waals surface area contributed by atoms with E-state index < -0.39 is 0 Å². The average Bonchev–Trinajstić information content (AvgIpc) is 2.59. The van der Waals surface area contributed by atoms with Crippen molar-refractivity contribution in [2.75, 3.05) is 14.2 Å². The van der Waals surface area contributed by atoms with E-state index >= 15 is 0 Å². The maximum Gasteiger partial charge on any atom is 0.273 e. The zero-order valence-electron chi connectivity index (χ0n) is 15.3. The van der Waals surface area contributed by atoms with Crippen LogP contribution >= 0.6 is 0 Å². The molecule has 0 unspecified atom stereocenters. The van der Waals surface area contributed by atoms with Crippen molar-refractivity contribution in [3.8, 4) is 11.5 Å². The molecule has 132 valence electrons. The molecule has 0 bridgehead atoms. The second kappa shape index (κ2) is 7.83. The lowest BCUT2D eigenvalue weighted by molar-refractivity contribution is -0.114. The van der Waals surface area contributed by atoms with E-state index in [2.05, 4.69) is 31.2 Å². The Morgan fingerprint density at radius 2 is 1.68 bits per heavy atom. The van der Waals surface area contributed by atoms with Crippen molar-refractivity contribution < 1.29 is 14.4 Å². The summed E-state index contributed by atoms with van der Waals surface area (Å²) in [4.78, 5) is 16.9. The van der Waals surface area contributed by atoms with Gasteiger partial charge in [-0.05, 0) is 35.2 Å². The van der Waals surface area contributed by atoms with Crippen LogP contribution in [0.15, 0.2) is 53.7 Å². The summed E-state index contributed by atoms with van der Waals surface area (Å²) in [5, 5.41) is 6.40. The number of benzene rings is 2. The molecule has 0 spiro atoms. The minimum atomic E-state index is -0.346. The third kappa shape index (κ3) is 4.59. The number of oxime groups is 1. The van der Waals surface area contributed by atoms with Gasteiger partial charge in [-0.15, -0.1) is 0 Å². The first kappa shape index (κ1) is 18.5. The molecule has 2 rings (SSSR count). The summed E-state index contributed by atoms with van der Waals surface area (Å²) >= 11 is 0. The lowest BCUT2D eigenvalue weighted by atomic mass is 9.87. The van der Waals surface area contributed by atoms with Crippen molar-refractivity contribution in [1.29, 1.82) is 0 Å². The van der Waals surface area contributed by atoms with Gasteiger partial charge in [0.25, 0.3) is 5.91 Å². The number of hydrogen-bond acceptors (Lipinski definition) is 4. The fraction of sp³-hybridized carbons (Fsp3) is 0.300. The van der Waals surface area contributed by atoms with Crippen molar-refractivity contribution in [3.63, 3.8) is 0 Å². The minimum Gasteiger partial charge on any atom is -0.457 e. The van der Waals surface area contributed by atoms with Gasteiger partial charge in [0.2, 0.25) is 0 Å². The number of likely N-dealkylation sites (N-methyl/N-ethyl adjacent to an activating group) is 1. The molecule has 5 nitrogen and oxygen atoms in total. The van der Waals surface area contributed by atoms with Gasteiger partial charge in [-0.2, -0.15) is 0 Å². The van der Waals surface area contributed by atoms with Crippen LogP contribution in [0, 0.1) is 0 Å². The van der Waals surface area contributed by atoms with Crippen molar-refractivity contribution in [2.24, 2.45) is 5.16 Å². The normalized spacial score (nSPS) is 11.8. The van der Waals surface area contributed by atoms with Crippen molar-refractivity contribution in [3.05, 3.63) is 59.7 Å². The second-order valence-corrected chi connectivity index (χ2v) is 6.57. The zero-order valence-corrected chi connectivity index (χ0v) is 15.3. The van der Waals surface area contributed by atoms with Gasteiger partial charge in [0.15, 0.2) is 5.71 Å². The lowest BCUT2D eigenvalue weighted by Gasteiger charge is -2.19. The Bertz CT molecular complexity index is 759. The average molecular weight is 340 g/mol. The number of amides is 1. The van der Waals surface area contributed by atoms with Gasteiger partial charge in [-0.1, -0.05) is 50.2 Å². The van der Waals surface area contributed by atoms with Gasteiger partial charge in [-0.25, -0.2) is 0 Å². The largest absolute Gasteiger partial charge is 0.457 e. The van der Waals surface area contributed by atoms with E-state index in [-0.39, 0.29) is 17.0 Å². The van der Waals surface area contributed by atoms with Gasteiger partial charge in [0.05, 0.1) is 5.56 Å². The van der Waals surface area contributed by atoms with Gasteiger partial charge in [0, 0.05) is 7.05 Å². The SMILES string of the molecule is CNC(=O)/C(=N\OC)c1ccccc1Oc1ccc(C(C)(C)C)cc1. The Kier molecular flexibility index (Phi) is 5.80. The monoisotopic (exact) mass is 340 g/mol. The number of carbonyl (C=O) groups excluding carboxylic acids is 1. The molecule has 0 aliphatic heterocycles. The summed E-state index contributed by atoms with van der Waals surface area (Å²) in [6, 6.07) is 15.2. The van der Waals surface area contributed by atoms with Crippen LogP contribution in [-0.2, 0) is 15.0 Å². The van der Waals surface area contributed by atoms with Crippen LogP contribution in [0.4, 0.5) is 0 Å². The molecule has 2 aromatic carbocycles. The summed E-state index contributed by atoms with van der Waals surface area (Å²) in [5.74, 6) is 0.875. The molecule has 0 heterocycles. The molecule has 0 radical (unpaired) electrons. The highest BCUT2D eigenvalue weighted by atomic mass is 16.6. The first-order valence-corrected chi connectivity index (χ1v) is 8.08. The molecule has 0 aliphatic rings. The Labute approximate surface area is 148 Å². The molecule has 0 saturated heterocycles. The summed E-state index contributed by atoms with van der Waals surface area (Å²) in [6.07, 6.45) is 0. The number of nitrogens with one attached hydrogen (secondary N) is 1. The number of ether oxygens (including phenoxy) is 1. The highest BCUT2D eigenvalue weighted by Gasteiger charge is 2.19. The second-order valence-electron chi connectivity index (χ2n) is 6.57. The third-order valence-electron chi connectivity index (χ3n) is 3.72. The predicted octanol–water partition coefficient (Wildman–Crippen LogP) is 3.87. The summed E-state index contributed by atoms with van der Waals surface area (Å²) in [7, 11) is 2.94. The Morgan fingerprint density at radius 1 is 1.04 bits per heavy atom. The number of hydrogen-bond donors (Lipinski definition) is 1. The molecule has 0 aliphatic carbocycles. The van der Waals surface area contributed by atoms with Crippen molar-refractivity contribution in [1.82, 2.24) is 5.32 Å². The molecular weight excluding hydrogens is 316 g/mol. The van der Waals surface area contributed by atoms with Gasteiger partial charge < -0.3 is 14.9 Å². The van der Waals surface area contributed by atoms with Gasteiger partial charge in [-0.3, -0.25) is 4.79 Å². The maximum absolute atomic E-state index is 12.1. The third-order valence-corrected chi connectivity index (χ3v) is 3.72. The van der Waals surface area contributed by atoms with Gasteiger partial charge >= 0.3 is 0 Å². The van der Waals surface area contributed by atoms with Crippen LogP contribution in [0.5, 0.6) is 11.5 Å². The van der Waals surface area contributed by atoms with Crippen LogP contribution in [0.3, 0.4) is 0 Å². The highest BCUT2D eigenvalue weighted by molar-refractivity contribution is 6.45. The number of carbonyl (C=O) groups is 1. The molecule has 0 fully saturated rings. The first-order valence-electron chi connectivity index (χ1n) is 8.08. The summed E-state index contributed by atoms with van der Waals surface area (Å²) < 4.78 is 5.98. The number of rotatable bonds is 5. The predicted molar refractivity (Wildman–Crippen MR) is 99.3 cm³/mol. The Hall–Kier alpha value is -2.82. The quantitative estimate of drug-likeness (QED) is 0.664. The molecule has 1 amide bonds. The number of para-hydroxylation sites is 1. The maximum atomic E-state index is 12.1. The zero-order chi connectivity index (χ0) is 18.4. The van der Waals surface area contributed by atoms with Crippen molar-refractivity contribution in [2.45, 2.75) is 26.2 Å². The van der Waals surface area contributed by atoms with E-state index in [0.29, 0.717) is 17.1 Å². The Morgan fingerprint density at radius 3 is 2.24 bits per heavy atom. The van der Waals surface area contributed by atoms with Crippen LogP contribution in [-0.4, -0.2) is 25.8 Å². The van der Waals surface area contributed by atoms with E-state index in [9.17, 15) is 4.79 Å². The standard InChI is InChI=1S/C20H24N2O3/c1-20(2,3)14-10-12-15(13-11-14)25-17-9-7-6-8-16(17)18(22-24-5)19(23)21-4/h6-13H,1-5H3,(H,21,23)/b22-18-. The van der Waals surface area contributed by atoms with Crippen molar-refractivity contribution >= 4 is 11.6 Å². The molecular formula is C20H24N2O3. The van der Waals surface area contributed by atoms with Gasteiger partial charge in [0.1, 0.15) is 18.6 Å². The Balaban J connectivity index is 2.35. The minimum absolute atomic E-state index is 0.0773. The molecule has 0 saturated carbocycles. The van der Waals surface area contributed by atoms with Crippen LogP contribution in [0.2, 0.25) is 0 Å². The highest BCUT2D eigenvalue weighted by Crippen LogP contribution is 2.29. The topological polar surface area (TPSA) is 59.9 Å². The molecule has 2 aromatic rings. The summed E-state index contributed by atoms with van der Waals surface area (Å²) in [6.45, 7) is 6.49. The fourth-order valence-corrected chi connectivity index (χ4v) is 2.32. The molecule has 25 heavy (non-hydrogen) atoms.